The molecule has 0 radical (unpaired) electrons. The summed E-state index contributed by atoms with van der Waals surface area (Å²) in [6.45, 7) is 1.23. The van der Waals surface area contributed by atoms with Crippen LogP contribution in [0.1, 0.15) is 21.6 Å². The zero-order valence-electron chi connectivity index (χ0n) is 15.8. The van der Waals surface area contributed by atoms with Crippen LogP contribution in [0.15, 0.2) is 67.1 Å². The summed E-state index contributed by atoms with van der Waals surface area (Å²) in [6, 6.07) is 17.4. The number of aromatic nitrogens is 4. The number of benzene rings is 2. The first-order chi connectivity index (χ1) is 14.1. The van der Waals surface area contributed by atoms with Gasteiger partial charge in [0.2, 0.25) is 0 Å². The standard InChI is InChI=1S/C22H18ClN5O/c1-26-21(24-14-25-26)15-8-9-18(19(23)11-15)22(29)28-13-17-6-4-10-27(17)12-16-5-2-3-7-20(16)28/h2-11,14H,12-13H2,1H3. The van der Waals surface area contributed by atoms with E-state index in [1.807, 2.05) is 49.6 Å². The van der Waals surface area contributed by atoms with Crippen LogP contribution >= 0.6 is 11.6 Å². The molecule has 5 rings (SSSR count). The van der Waals surface area contributed by atoms with E-state index in [0.29, 0.717) is 23.0 Å². The summed E-state index contributed by atoms with van der Waals surface area (Å²) >= 11 is 6.55. The number of aryl methyl sites for hydroxylation is 1. The van der Waals surface area contributed by atoms with E-state index in [-0.39, 0.29) is 5.91 Å². The molecule has 0 fully saturated rings. The third-order valence-corrected chi connectivity index (χ3v) is 5.59. The molecule has 2 aromatic heterocycles. The largest absolute Gasteiger partial charge is 0.345 e. The minimum Gasteiger partial charge on any atom is -0.345 e. The summed E-state index contributed by atoms with van der Waals surface area (Å²) in [5, 5.41) is 4.49. The van der Waals surface area contributed by atoms with E-state index in [1.165, 1.54) is 6.33 Å². The first-order valence-electron chi connectivity index (χ1n) is 9.29. The molecule has 0 bridgehead atoms. The van der Waals surface area contributed by atoms with E-state index in [0.717, 1.165) is 29.1 Å². The highest BCUT2D eigenvalue weighted by molar-refractivity contribution is 6.34. The predicted octanol–water partition coefficient (Wildman–Crippen LogP) is 4.15. The Labute approximate surface area is 173 Å². The number of hydrogen-bond acceptors (Lipinski definition) is 3. The number of carbonyl (C=O) groups is 1. The van der Waals surface area contributed by atoms with Gasteiger partial charge in [-0.3, -0.25) is 4.79 Å². The summed E-state index contributed by atoms with van der Waals surface area (Å²) in [4.78, 5) is 19.6. The van der Waals surface area contributed by atoms with Crippen LogP contribution in [0.5, 0.6) is 0 Å². The molecule has 0 spiro atoms. The van der Waals surface area contributed by atoms with Gasteiger partial charge in [0, 0.05) is 36.7 Å². The van der Waals surface area contributed by atoms with Gasteiger partial charge in [-0.15, -0.1) is 0 Å². The molecule has 0 aliphatic carbocycles. The van der Waals surface area contributed by atoms with E-state index in [9.17, 15) is 4.79 Å². The van der Waals surface area contributed by atoms with Crippen molar-refractivity contribution in [2.24, 2.45) is 7.05 Å². The molecule has 0 saturated heterocycles. The molecule has 144 valence electrons. The average Bonchev–Trinajstić information content (AvgIpc) is 3.31. The second kappa shape index (κ2) is 6.90. The smallest absolute Gasteiger partial charge is 0.260 e. The van der Waals surface area contributed by atoms with Crippen LogP contribution < -0.4 is 4.90 Å². The minimum absolute atomic E-state index is 0.124. The molecule has 0 atom stereocenters. The zero-order chi connectivity index (χ0) is 20.0. The van der Waals surface area contributed by atoms with Crippen molar-refractivity contribution in [3.63, 3.8) is 0 Å². The summed E-state index contributed by atoms with van der Waals surface area (Å²) < 4.78 is 3.84. The maximum absolute atomic E-state index is 13.5. The number of carbonyl (C=O) groups excluding carboxylic acids is 1. The van der Waals surface area contributed by atoms with Crippen molar-refractivity contribution < 1.29 is 4.79 Å². The lowest BCUT2D eigenvalue weighted by Gasteiger charge is -2.23. The number of fused-ring (bicyclic) bond motifs is 2. The normalized spacial score (nSPS) is 13.0. The monoisotopic (exact) mass is 403 g/mol. The van der Waals surface area contributed by atoms with Crippen LogP contribution in [-0.2, 0) is 20.1 Å². The van der Waals surface area contributed by atoms with Gasteiger partial charge >= 0.3 is 0 Å². The molecular weight excluding hydrogens is 386 g/mol. The molecule has 29 heavy (non-hydrogen) atoms. The number of hydrogen-bond donors (Lipinski definition) is 0. The summed E-state index contributed by atoms with van der Waals surface area (Å²) in [5.41, 5.74) is 4.38. The van der Waals surface area contributed by atoms with Crippen molar-refractivity contribution in [1.82, 2.24) is 19.3 Å². The van der Waals surface area contributed by atoms with Crippen molar-refractivity contribution in [3.8, 4) is 11.4 Å². The SMILES string of the molecule is Cn1ncnc1-c1ccc(C(=O)N2Cc3cccn3Cc3ccccc32)c(Cl)c1. The van der Waals surface area contributed by atoms with E-state index < -0.39 is 0 Å². The Morgan fingerprint density at radius 3 is 2.72 bits per heavy atom. The first-order valence-corrected chi connectivity index (χ1v) is 9.67. The first kappa shape index (κ1) is 17.7. The van der Waals surface area contributed by atoms with Crippen molar-refractivity contribution in [1.29, 1.82) is 0 Å². The number of amides is 1. The lowest BCUT2D eigenvalue weighted by Crippen LogP contribution is -2.30. The molecule has 0 unspecified atom stereocenters. The Kier molecular flexibility index (Phi) is 4.21. The van der Waals surface area contributed by atoms with Crippen molar-refractivity contribution in [2.45, 2.75) is 13.1 Å². The fourth-order valence-corrected chi connectivity index (χ4v) is 4.06. The molecule has 0 saturated carbocycles. The van der Waals surface area contributed by atoms with Gasteiger partial charge in [-0.1, -0.05) is 35.9 Å². The van der Waals surface area contributed by atoms with Crippen molar-refractivity contribution in [3.05, 3.63) is 89.0 Å². The molecule has 2 aromatic carbocycles. The average molecular weight is 404 g/mol. The Morgan fingerprint density at radius 1 is 1.07 bits per heavy atom. The van der Waals surface area contributed by atoms with Gasteiger partial charge in [-0.25, -0.2) is 9.67 Å². The van der Waals surface area contributed by atoms with E-state index >= 15 is 0 Å². The van der Waals surface area contributed by atoms with Gasteiger partial charge in [0.25, 0.3) is 5.91 Å². The molecule has 6 nitrogen and oxygen atoms in total. The van der Waals surface area contributed by atoms with Crippen LogP contribution in [0.3, 0.4) is 0 Å². The molecule has 7 heteroatoms. The highest BCUT2D eigenvalue weighted by Gasteiger charge is 2.26. The number of rotatable bonds is 2. The second-order valence-electron chi connectivity index (χ2n) is 7.05. The van der Waals surface area contributed by atoms with Gasteiger partial charge in [-0.2, -0.15) is 5.10 Å². The van der Waals surface area contributed by atoms with Crippen LogP contribution in [0.25, 0.3) is 11.4 Å². The quantitative estimate of drug-likeness (QED) is 0.505. The molecule has 3 heterocycles. The van der Waals surface area contributed by atoms with Gasteiger partial charge in [-0.05, 0) is 35.9 Å². The minimum atomic E-state index is -0.124. The summed E-state index contributed by atoms with van der Waals surface area (Å²) in [5.74, 6) is 0.574. The Hall–Kier alpha value is -3.38. The van der Waals surface area contributed by atoms with Gasteiger partial charge in [0.1, 0.15) is 6.33 Å². The lowest BCUT2D eigenvalue weighted by molar-refractivity contribution is 0.0985. The molecule has 4 aromatic rings. The van der Waals surface area contributed by atoms with E-state index in [1.54, 1.807) is 21.7 Å². The Bertz CT molecular complexity index is 1230. The zero-order valence-corrected chi connectivity index (χ0v) is 16.5. The fraction of sp³-hybridized carbons (Fsp3) is 0.136. The van der Waals surface area contributed by atoms with E-state index in [4.69, 9.17) is 11.6 Å². The van der Waals surface area contributed by atoms with Gasteiger partial charge < -0.3 is 9.47 Å². The highest BCUT2D eigenvalue weighted by atomic mass is 35.5. The van der Waals surface area contributed by atoms with Crippen molar-refractivity contribution in [2.75, 3.05) is 4.90 Å². The van der Waals surface area contributed by atoms with Crippen LogP contribution in [0.2, 0.25) is 5.02 Å². The van der Waals surface area contributed by atoms with E-state index in [2.05, 4.69) is 20.7 Å². The number of para-hydroxylation sites is 1. The number of halogens is 1. The van der Waals surface area contributed by atoms with Crippen LogP contribution in [0.4, 0.5) is 5.69 Å². The Balaban J connectivity index is 1.56. The third kappa shape index (κ3) is 3.02. The van der Waals surface area contributed by atoms with Gasteiger partial charge in [0.15, 0.2) is 5.82 Å². The maximum Gasteiger partial charge on any atom is 0.260 e. The topological polar surface area (TPSA) is 56.0 Å². The number of nitrogens with zero attached hydrogens (tertiary/aromatic N) is 5. The molecule has 0 N–H and O–H groups in total. The molecule has 1 aliphatic heterocycles. The summed E-state index contributed by atoms with van der Waals surface area (Å²) in [6.07, 6.45) is 3.54. The lowest BCUT2D eigenvalue weighted by atomic mass is 10.1. The Morgan fingerprint density at radius 2 is 1.93 bits per heavy atom. The maximum atomic E-state index is 13.5. The van der Waals surface area contributed by atoms with Crippen molar-refractivity contribution >= 4 is 23.2 Å². The summed E-state index contributed by atoms with van der Waals surface area (Å²) in [7, 11) is 1.82. The molecule has 1 amide bonds. The fourth-order valence-electron chi connectivity index (χ4n) is 3.80. The second-order valence-corrected chi connectivity index (χ2v) is 7.46. The van der Waals surface area contributed by atoms with Gasteiger partial charge in [0.05, 0.1) is 17.1 Å². The van der Waals surface area contributed by atoms with Crippen LogP contribution in [0, 0.1) is 0 Å². The number of anilines is 1. The molecular formula is C22H18ClN5O. The molecule has 1 aliphatic rings. The van der Waals surface area contributed by atoms with Crippen LogP contribution in [-0.4, -0.2) is 25.2 Å². The highest BCUT2D eigenvalue weighted by Crippen LogP contribution is 2.31. The third-order valence-electron chi connectivity index (χ3n) is 5.28. The predicted molar refractivity (Wildman–Crippen MR) is 112 cm³/mol.